The van der Waals surface area contributed by atoms with Gasteiger partial charge in [-0.25, -0.2) is 0 Å². The van der Waals surface area contributed by atoms with Crippen LogP contribution < -0.4 is 5.56 Å². The summed E-state index contributed by atoms with van der Waals surface area (Å²) in [7, 11) is 0. The SMILES string of the molecule is CC(=O)OC[C@H]1O[C@@H](n2ccc(O)c(-c3ccc(-c4ccccc4)cc3)c2=O)C(OC(C)=O)C1OC(C)=O. The molecule has 38 heavy (non-hydrogen) atoms. The Morgan fingerprint density at radius 2 is 1.39 bits per heavy atom. The van der Waals surface area contributed by atoms with Gasteiger partial charge < -0.3 is 24.1 Å². The first-order valence-corrected chi connectivity index (χ1v) is 11.9. The van der Waals surface area contributed by atoms with Crippen LogP contribution in [0.1, 0.15) is 27.0 Å². The van der Waals surface area contributed by atoms with E-state index in [0.29, 0.717) is 5.56 Å². The lowest BCUT2D eigenvalue weighted by atomic mass is 10.0. The summed E-state index contributed by atoms with van der Waals surface area (Å²) in [5, 5.41) is 10.6. The van der Waals surface area contributed by atoms with E-state index in [1.807, 2.05) is 42.5 Å². The van der Waals surface area contributed by atoms with Gasteiger partial charge in [-0.05, 0) is 22.8 Å². The van der Waals surface area contributed by atoms with Crippen LogP contribution in [0, 0.1) is 0 Å². The number of aromatic nitrogens is 1. The maximum Gasteiger partial charge on any atom is 0.303 e. The van der Waals surface area contributed by atoms with Gasteiger partial charge in [0, 0.05) is 27.0 Å². The molecule has 4 rings (SSSR count). The molecule has 4 atom stereocenters. The number of benzene rings is 2. The Kier molecular flexibility index (Phi) is 7.92. The minimum absolute atomic E-state index is 0.00441. The molecule has 1 aliphatic rings. The Labute approximate surface area is 218 Å². The van der Waals surface area contributed by atoms with E-state index in [1.165, 1.54) is 33.0 Å². The zero-order valence-electron chi connectivity index (χ0n) is 21.0. The average Bonchev–Trinajstić information content (AvgIpc) is 3.19. The van der Waals surface area contributed by atoms with E-state index < -0.39 is 48.0 Å². The highest BCUT2D eigenvalue weighted by Gasteiger charge is 2.51. The average molecular weight is 522 g/mol. The number of carbonyl (C=O) groups is 3. The molecule has 10 heteroatoms. The van der Waals surface area contributed by atoms with Crippen molar-refractivity contribution in [2.24, 2.45) is 0 Å². The summed E-state index contributed by atoms with van der Waals surface area (Å²) in [6.07, 6.45) is -3.35. The molecule has 2 aromatic carbocycles. The third-order valence-electron chi connectivity index (χ3n) is 5.99. The van der Waals surface area contributed by atoms with Gasteiger partial charge in [0.15, 0.2) is 18.4 Å². The molecule has 0 spiro atoms. The van der Waals surface area contributed by atoms with E-state index >= 15 is 0 Å². The number of aromatic hydroxyl groups is 1. The predicted octanol–water partition coefficient (Wildman–Crippen LogP) is 3.21. The van der Waals surface area contributed by atoms with Crippen LogP contribution in [0.5, 0.6) is 5.75 Å². The van der Waals surface area contributed by atoms with Gasteiger partial charge in [-0.3, -0.25) is 23.7 Å². The second-order valence-electron chi connectivity index (χ2n) is 8.75. The number of rotatable bonds is 7. The molecule has 2 heterocycles. The first-order valence-electron chi connectivity index (χ1n) is 11.9. The van der Waals surface area contributed by atoms with Crippen LogP contribution >= 0.6 is 0 Å². The maximum absolute atomic E-state index is 13.7. The van der Waals surface area contributed by atoms with Gasteiger partial charge in [-0.15, -0.1) is 0 Å². The van der Waals surface area contributed by atoms with Crippen molar-refractivity contribution in [3.8, 4) is 28.0 Å². The zero-order valence-corrected chi connectivity index (χ0v) is 21.0. The van der Waals surface area contributed by atoms with Crippen LogP contribution in [-0.2, 0) is 33.3 Å². The summed E-state index contributed by atoms with van der Waals surface area (Å²) in [6, 6.07) is 18.1. The van der Waals surface area contributed by atoms with Crippen LogP contribution in [0.4, 0.5) is 0 Å². The van der Waals surface area contributed by atoms with E-state index in [2.05, 4.69) is 0 Å². The highest BCUT2D eigenvalue weighted by molar-refractivity contribution is 5.73. The smallest absolute Gasteiger partial charge is 0.303 e. The third kappa shape index (κ3) is 5.76. The molecule has 1 fully saturated rings. The van der Waals surface area contributed by atoms with Crippen molar-refractivity contribution in [2.45, 2.75) is 45.3 Å². The molecular formula is C28H27NO9. The van der Waals surface area contributed by atoms with Crippen molar-refractivity contribution in [3.05, 3.63) is 77.2 Å². The molecule has 198 valence electrons. The molecule has 1 aromatic heterocycles. The first kappa shape index (κ1) is 26.6. The van der Waals surface area contributed by atoms with Crippen molar-refractivity contribution >= 4 is 17.9 Å². The zero-order chi connectivity index (χ0) is 27.4. The molecule has 2 unspecified atom stereocenters. The number of carbonyl (C=O) groups excluding carboxylic acids is 3. The van der Waals surface area contributed by atoms with Crippen LogP contribution in [-0.4, -0.2) is 52.5 Å². The molecule has 0 aliphatic carbocycles. The molecule has 0 bridgehead atoms. The second kappa shape index (κ2) is 11.3. The number of esters is 3. The van der Waals surface area contributed by atoms with Gasteiger partial charge in [0.1, 0.15) is 18.5 Å². The summed E-state index contributed by atoms with van der Waals surface area (Å²) < 4.78 is 22.9. The molecule has 1 saturated heterocycles. The monoisotopic (exact) mass is 521 g/mol. The standard InChI is InChI=1S/C28H27NO9/c1-16(30)35-15-23-25(36-17(2)31)26(37-18(3)32)28(38-23)29-14-13-22(33)24(27(29)34)21-11-9-20(10-12-21)19-7-5-4-6-8-19/h4-14,23,25-26,28,33H,15H2,1-3H3/t23-,25?,26?,28-/m1/s1. The van der Waals surface area contributed by atoms with Crippen LogP contribution in [0.2, 0.25) is 0 Å². The lowest BCUT2D eigenvalue weighted by Gasteiger charge is -2.24. The Morgan fingerprint density at radius 3 is 2.00 bits per heavy atom. The largest absolute Gasteiger partial charge is 0.507 e. The van der Waals surface area contributed by atoms with Gasteiger partial charge >= 0.3 is 17.9 Å². The Hall–Kier alpha value is -4.44. The summed E-state index contributed by atoms with van der Waals surface area (Å²) in [5.41, 5.74) is 1.75. The van der Waals surface area contributed by atoms with Gasteiger partial charge in [-0.2, -0.15) is 0 Å². The quantitative estimate of drug-likeness (QED) is 0.368. The maximum atomic E-state index is 13.7. The highest BCUT2D eigenvalue weighted by Crippen LogP contribution is 2.35. The van der Waals surface area contributed by atoms with Gasteiger partial charge in [-0.1, -0.05) is 54.6 Å². The number of ether oxygens (including phenoxy) is 4. The van der Waals surface area contributed by atoms with Crippen molar-refractivity contribution < 1.29 is 38.4 Å². The normalized spacial score (nSPS) is 20.5. The molecule has 0 saturated carbocycles. The topological polar surface area (TPSA) is 130 Å². The lowest BCUT2D eigenvalue weighted by molar-refractivity contribution is -0.166. The predicted molar refractivity (Wildman–Crippen MR) is 135 cm³/mol. The van der Waals surface area contributed by atoms with E-state index in [-0.39, 0.29) is 17.9 Å². The Balaban J connectivity index is 1.74. The van der Waals surface area contributed by atoms with Crippen molar-refractivity contribution in [3.63, 3.8) is 0 Å². The minimum atomic E-state index is -1.24. The summed E-state index contributed by atoms with van der Waals surface area (Å²) in [5.74, 6) is -2.22. The first-order chi connectivity index (χ1) is 18.2. The lowest BCUT2D eigenvalue weighted by Crippen LogP contribution is -2.41. The highest BCUT2D eigenvalue weighted by atomic mass is 16.7. The summed E-state index contributed by atoms with van der Waals surface area (Å²) in [6.45, 7) is 3.24. The molecule has 0 radical (unpaired) electrons. The molecule has 10 nitrogen and oxygen atoms in total. The second-order valence-corrected chi connectivity index (χ2v) is 8.75. The summed E-state index contributed by atoms with van der Waals surface area (Å²) in [4.78, 5) is 48.8. The van der Waals surface area contributed by atoms with Crippen LogP contribution in [0.15, 0.2) is 71.7 Å². The summed E-state index contributed by atoms with van der Waals surface area (Å²) >= 11 is 0. The van der Waals surface area contributed by atoms with E-state index in [0.717, 1.165) is 15.7 Å². The van der Waals surface area contributed by atoms with Gasteiger partial charge in [0.2, 0.25) is 0 Å². The van der Waals surface area contributed by atoms with Crippen LogP contribution in [0.25, 0.3) is 22.3 Å². The van der Waals surface area contributed by atoms with E-state index in [1.54, 1.807) is 12.1 Å². The fourth-order valence-corrected chi connectivity index (χ4v) is 4.39. The fourth-order valence-electron chi connectivity index (χ4n) is 4.39. The number of hydrogen-bond donors (Lipinski definition) is 1. The van der Waals surface area contributed by atoms with Crippen molar-refractivity contribution in [1.82, 2.24) is 4.57 Å². The van der Waals surface area contributed by atoms with Crippen molar-refractivity contribution in [1.29, 1.82) is 0 Å². The van der Waals surface area contributed by atoms with Gasteiger partial charge in [0.05, 0.1) is 5.56 Å². The Morgan fingerprint density at radius 1 is 0.816 bits per heavy atom. The molecule has 0 amide bonds. The fraction of sp³-hybridized carbons (Fsp3) is 0.286. The van der Waals surface area contributed by atoms with Crippen molar-refractivity contribution in [2.75, 3.05) is 6.61 Å². The van der Waals surface area contributed by atoms with Gasteiger partial charge in [0.25, 0.3) is 5.56 Å². The Bertz CT molecular complexity index is 1380. The number of pyridine rings is 1. The van der Waals surface area contributed by atoms with Crippen LogP contribution in [0.3, 0.4) is 0 Å². The molecule has 1 aliphatic heterocycles. The molecule has 1 N–H and O–H groups in total. The molecular weight excluding hydrogens is 494 g/mol. The van der Waals surface area contributed by atoms with E-state index in [4.69, 9.17) is 18.9 Å². The van der Waals surface area contributed by atoms with E-state index in [9.17, 15) is 24.3 Å². The molecule has 3 aromatic rings. The third-order valence-corrected chi connectivity index (χ3v) is 5.99. The number of nitrogens with zero attached hydrogens (tertiary/aromatic N) is 1. The number of hydrogen-bond acceptors (Lipinski definition) is 9. The minimum Gasteiger partial charge on any atom is -0.507 e.